The van der Waals surface area contributed by atoms with Crippen LogP contribution in [0.2, 0.25) is 0 Å². The standard InChI is InChI=1S/C16H16BrF/c1-2-12-7-3-5-9-14(12)15(17)11-13-8-4-6-10-16(13)18/h3-10,15H,2,11H2,1H3. The Morgan fingerprint density at radius 3 is 2.28 bits per heavy atom. The highest BCUT2D eigenvalue weighted by atomic mass is 79.9. The van der Waals surface area contributed by atoms with Gasteiger partial charge < -0.3 is 0 Å². The van der Waals surface area contributed by atoms with Crippen molar-refractivity contribution < 1.29 is 4.39 Å². The van der Waals surface area contributed by atoms with Crippen molar-refractivity contribution in [3.8, 4) is 0 Å². The van der Waals surface area contributed by atoms with Gasteiger partial charge in [0.25, 0.3) is 0 Å². The Hall–Kier alpha value is -1.15. The molecule has 18 heavy (non-hydrogen) atoms. The van der Waals surface area contributed by atoms with Crippen molar-refractivity contribution in [2.24, 2.45) is 0 Å². The molecule has 1 atom stereocenters. The summed E-state index contributed by atoms with van der Waals surface area (Å²) < 4.78 is 13.6. The summed E-state index contributed by atoms with van der Waals surface area (Å²) in [5, 5.41) is 0. The van der Waals surface area contributed by atoms with Crippen molar-refractivity contribution in [2.75, 3.05) is 0 Å². The molecule has 1 unspecified atom stereocenters. The number of benzene rings is 2. The molecule has 0 aliphatic rings. The molecule has 0 aliphatic carbocycles. The maximum absolute atomic E-state index is 13.6. The molecule has 0 heterocycles. The van der Waals surface area contributed by atoms with Gasteiger partial charge in [-0.15, -0.1) is 0 Å². The van der Waals surface area contributed by atoms with Crippen molar-refractivity contribution >= 4 is 15.9 Å². The zero-order valence-corrected chi connectivity index (χ0v) is 12.0. The molecule has 2 rings (SSSR count). The minimum absolute atomic E-state index is 0.129. The summed E-state index contributed by atoms with van der Waals surface area (Å²) in [5.74, 6) is -0.129. The summed E-state index contributed by atoms with van der Waals surface area (Å²) in [7, 11) is 0. The topological polar surface area (TPSA) is 0 Å². The van der Waals surface area contributed by atoms with Gasteiger partial charge in [0, 0.05) is 4.83 Å². The average Bonchev–Trinajstić information content (AvgIpc) is 2.41. The summed E-state index contributed by atoms with van der Waals surface area (Å²) in [6.45, 7) is 2.14. The van der Waals surface area contributed by atoms with Gasteiger partial charge in [-0.05, 0) is 35.6 Å². The van der Waals surface area contributed by atoms with Gasteiger partial charge in [0.2, 0.25) is 0 Å². The highest BCUT2D eigenvalue weighted by Crippen LogP contribution is 2.30. The highest BCUT2D eigenvalue weighted by Gasteiger charge is 2.13. The molecule has 0 fully saturated rings. The van der Waals surface area contributed by atoms with Crippen LogP contribution in [0.1, 0.15) is 28.4 Å². The quantitative estimate of drug-likeness (QED) is 0.692. The second-order valence-corrected chi connectivity index (χ2v) is 5.42. The van der Waals surface area contributed by atoms with Crippen LogP contribution in [-0.2, 0) is 12.8 Å². The number of hydrogen-bond donors (Lipinski definition) is 0. The molecule has 0 nitrogen and oxygen atoms in total. The van der Waals surface area contributed by atoms with E-state index in [1.807, 2.05) is 24.3 Å². The number of rotatable bonds is 4. The van der Waals surface area contributed by atoms with Crippen LogP contribution in [0.4, 0.5) is 4.39 Å². The van der Waals surface area contributed by atoms with Crippen LogP contribution >= 0.6 is 15.9 Å². The molecule has 0 spiro atoms. The van der Waals surface area contributed by atoms with Crippen molar-refractivity contribution in [1.82, 2.24) is 0 Å². The fraction of sp³-hybridized carbons (Fsp3) is 0.250. The normalized spacial score (nSPS) is 12.4. The summed E-state index contributed by atoms with van der Waals surface area (Å²) in [4.78, 5) is 0.158. The van der Waals surface area contributed by atoms with Gasteiger partial charge >= 0.3 is 0 Å². The van der Waals surface area contributed by atoms with E-state index in [0.717, 1.165) is 12.0 Å². The van der Waals surface area contributed by atoms with Crippen molar-refractivity contribution in [2.45, 2.75) is 24.6 Å². The van der Waals surface area contributed by atoms with E-state index in [4.69, 9.17) is 0 Å². The first-order chi connectivity index (χ1) is 8.72. The third-order valence-electron chi connectivity index (χ3n) is 3.13. The van der Waals surface area contributed by atoms with Crippen molar-refractivity contribution in [1.29, 1.82) is 0 Å². The van der Waals surface area contributed by atoms with E-state index in [1.165, 1.54) is 17.2 Å². The Morgan fingerprint density at radius 2 is 1.61 bits per heavy atom. The molecule has 2 aromatic rings. The largest absolute Gasteiger partial charge is 0.207 e. The predicted octanol–water partition coefficient (Wildman–Crippen LogP) is 5.07. The molecule has 94 valence electrons. The molecule has 2 aromatic carbocycles. The molecule has 0 aliphatic heterocycles. The van der Waals surface area contributed by atoms with E-state index in [2.05, 4.69) is 35.0 Å². The van der Waals surface area contributed by atoms with Crippen LogP contribution in [0.25, 0.3) is 0 Å². The van der Waals surface area contributed by atoms with E-state index in [1.54, 1.807) is 6.07 Å². The van der Waals surface area contributed by atoms with E-state index >= 15 is 0 Å². The lowest BCUT2D eigenvalue weighted by atomic mass is 9.98. The Kier molecular flexibility index (Phi) is 4.54. The fourth-order valence-electron chi connectivity index (χ4n) is 2.13. The van der Waals surface area contributed by atoms with Gasteiger partial charge in [0.05, 0.1) is 0 Å². The predicted molar refractivity (Wildman–Crippen MR) is 77.6 cm³/mol. The second-order valence-electron chi connectivity index (χ2n) is 4.32. The summed E-state index contributed by atoms with van der Waals surface area (Å²) in [6, 6.07) is 15.3. The maximum Gasteiger partial charge on any atom is 0.126 e. The lowest BCUT2D eigenvalue weighted by Crippen LogP contribution is -2.01. The summed E-state index contributed by atoms with van der Waals surface area (Å²) in [6.07, 6.45) is 1.67. The Balaban J connectivity index is 2.22. The SMILES string of the molecule is CCc1ccccc1C(Br)Cc1ccccc1F. The van der Waals surface area contributed by atoms with Gasteiger partial charge in [-0.1, -0.05) is 65.3 Å². The summed E-state index contributed by atoms with van der Waals surface area (Å²) >= 11 is 3.68. The van der Waals surface area contributed by atoms with Gasteiger partial charge in [0.1, 0.15) is 5.82 Å². The highest BCUT2D eigenvalue weighted by molar-refractivity contribution is 9.09. The number of alkyl halides is 1. The number of hydrogen-bond acceptors (Lipinski definition) is 0. The van der Waals surface area contributed by atoms with Crippen LogP contribution in [0, 0.1) is 5.82 Å². The van der Waals surface area contributed by atoms with Crippen molar-refractivity contribution in [3.63, 3.8) is 0 Å². The molecule has 0 saturated carbocycles. The first-order valence-corrected chi connectivity index (χ1v) is 7.09. The van der Waals surface area contributed by atoms with Gasteiger partial charge in [0.15, 0.2) is 0 Å². The maximum atomic E-state index is 13.6. The molecule has 2 heteroatoms. The average molecular weight is 307 g/mol. The molecular weight excluding hydrogens is 291 g/mol. The lowest BCUT2D eigenvalue weighted by molar-refractivity contribution is 0.608. The molecule has 0 aromatic heterocycles. The smallest absolute Gasteiger partial charge is 0.126 e. The molecule has 0 saturated heterocycles. The van der Waals surface area contributed by atoms with Crippen LogP contribution in [0.15, 0.2) is 48.5 Å². The first-order valence-electron chi connectivity index (χ1n) is 6.17. The van der Waals surface area contributed by atoms with Gasteiger partial charge in [-0.2, -0.15) is 0 Å². The van der Waals surface area contributed by atoms with Crippen LogP contribution in [0.3, 0.4) is 0 Å². The van der Waals surface area contributed by atoms with E-state index in [9.17, 15) is 4.39 Å². The zero-order chi connectivity index (χ0) is 13.0. The van der Waals surface area contributed by atoms with Crippen LogP contribution < -0.4 is 0 Å². The minimum Gasteiger partial charge on any atom is -0.207 e. The lowest BCUT2D eigenvalue weighted by Gasteiger charge is -2.14. The van der Waals surface area contributed by atoms with E-state index in [-0.39, 0.29) is 10.6 Å². The number of halogens is 2. The van der Waals surface area contributed by atoms with Crippen LogP contribution in [-0.4, -0.2) is 0 Å². The van der Waals surface area contributed by atoms with E-state index < -0.39 is 0 Å². The third-order valence-corrected chi connectivity index (χ3v) is 3.95. The molecule has 0 bridgehead atoms. The Morgan fingerprint density at radius 1 is 1.00 bits per heavy atom. The second kappa shape index (κ2) is 6.14. The third kappa shape index (κ3) is 2.99. The molecule has 0 radical (unpaired) electrons. The number of aryl methyl sites for hydroxylation is 1. The molecule has 0 N–H and O–H groups in total. The zero-order valence-electron chi connectivity index (χ0n) is 10.4. The summed E-state index contributed by atoms with van der Waals surface area (Å²) in [5.41, 5.74) is 3.32. The first kappa shape index (κ1) is 13.3. The molecule has 0 amide bonds. The Labute approximate surface area is 116 Å². The van der Waals surface area contributed by atoms with Crippen LogP contribution in [0.5, 0.6) is 0 Å². The Bertz CT molecular complexity index is 522. The minimum atomic E-state index is -0.129. The van der Waals surface area contributed by atoms with Gasteiger partial charge in [-0.3, -0.25) is 0 Å². The van der Waals surface area contributed by atoms with E-state index in [0.29, 0.717) is 6.42 Å². The van der Waals surface area contributed by atoms with Gasteiger partial charge in [-0.25, -0.2) is 4.39 Å². The monoisotopic (exact) mass is 306 g/mol. The fourth-order valence-corrected chi connectivity index (χ4v) is 2.92. The van der Waals surface area contributed by atoms with Crippen molar-refractivity contribution in [3.05, 3.63) is 71.0 Å². The molecular formula is C16H16BrF.